The molecule has 46 heavy (non-hydrogen) atoms. The average molecular weight is 659 g/mol. The maximum Gasteiger partial charge on any atom is 0.419 e. The number of nitrogens with one attached hydrogen (secondary N) is 1. The van der Waals surface area contributed by atoms with Crippen molar-refractivity contribution in [3.8, 4) is 0 Å². The van der Waals surface area contributed by atoms with Crippen LogP contribution in [0.15, 0.2) is 33.9 Å². The molecule has 1 aromatic carbocycles. The van der Waals surface area contributed by atoms with Crippen molar-refractivity contribution in [1.29, 1.82) is 0 Å². The monoisotopic (exact) mass is 658 g/mol. The molecule has 0 spiro atoms. The Bertz CT molecular complexity index is 1890. The van der Waals surface area contributed by atoms with Crippen LogP contribution in [0, 0.1) is 0 Å². The number of benzene rings is 1. The minimum atomic E-state index is -0.801. The molecular weight excluding hydrogens is 616 g/mol. The Kier molecular flexibility index (Phi) is 10.1. The van der Waals surface area contributed by atoms with E-state index < -0.39 is 40.7 Å². The highest BCUT2D eigenvalue weighted by molar-refractivity contribution is 6.35. The van der Waals surface area contributed by atoms with Crippen LogP contribution in [0.1, 0.15) is 78.9 Å². The number of unbranched alkanes of at least 4 members (excludes halogenated alkanes) is 1. The Morgan fingerprint density at radius 1 is 1.02 bits per heavy atom. The van der Waals surface area contributed by atoms with E-state index in [-0.39, 0.29) is 24.3 Å². The van der Waals surface area contributed by atoms with Gasteiger partial charge in [-0.15, -0.1) is 0 Å². The van der Waals surface area contributed by atoms with Gasteiger partial charge in [-0.25, -0.2) is 23.9 Å². The zero-order valence-electron chi connectivity index (χ0n) is 27.9. The quantitative estimate of drug-likeness (QED) is 0.240. The van der Waals surface area contributed by atoms with Crippen molar-refractivity contribution >= 4 is 45.9 Å². The van der Waals surface area contributed by atoms with Crippen LogP contribution < -0.4 is 16.6 Å². The summed E-state index contributed by atoms with van der Waals surface area (Å²) in [5, 5.41) is 3.77. The number of hydrogen-bond acceptors (Lipinski definition) is 8. The van der Waals surface area contributed by atoms with E-state index in [9.17, 15) is 19.2 Å². The third-order valence-corrected chi connectivity index (χ3v) is 7.42. The normalized spacial score (nSPS) is 12.9. The first-order valence-electron chi connectivity index (χ1n) is 15.2. The molecule has 250 valence electrons. The number of aromatic nitrogens is 5. The number of ether oxygens (including phenoxy) is 3. The summed E-state index contributed by atoms with van der Waals surface area (Å²) in [4.78, 5) is 58.5. The molecule has 0 bridgehead atoms. The van der Waals surface area contributed by atoms with Crippen molar-refractivity contribution < 1.29 is 23.8 Å². The van der Waals surface area contributed by atoms with E-state index in [2.05, 4.69) is 10.3 Å². The number of imidazole rings is 1. The SMILES string of the molecule is CCCCOCC(NC(=O)OC(C)(C)C)c1nc2c(c(=O)n(Cc3cc4c(Cl)cccc4n3C(=O)OC(C)(C)C)c(=O)n2C)n1C. The first-order chi connectivity index (χ1) is 21.4. The minimum absolute atomic E-state index is 0.0648. The lowest BCUT2D eigenvalue weighted by Gasteiger charge is -2.23. The van der Waals surface area contributed by atoms with Crippen LogP contribution in [0.25, 0.3) is 22.1 Å². The number of halogens is 1. The molecule has 4 rings (SSSR count). The topological polar surface area (TPSA) is 141 Å². The highest BCUT2D eigenvalue weighted by atomic mass is 35.5. The lowest BCUT2D eigenvalue weighted by Crippen LogP contribution is -2.40. The molecule has 1 atom stereocenters. The number of carbonyl (C=O) groups excluding carboxylic acids is 2. The van der Waals surface area contributed by atoms with E-state index in [0.717, 1.165) is 17.4 Å². The molecule has 0 aliphatic rings. The second-order valence-corrected chi connectivity index (χ2v) is 13.6. The zero-order chi connectivity index (χ0) is 34.1. The largest absolute Gasteiger partial charge is 0.444 e. The van der Waals surface area contributed by atoms with Crippen molar-refractivity contribution in [3.63, 3.8) is 0 Å². The van der Waals surface area contributed by atoms with Gasteiger partial charge in [-0.05, 0) is 66.2 Å². The first-order valence-corrected chi connectivity index (χ1v) is 15.6. The van der Waals surface area contributed by atoms with Gasteiger partial charge in [0.05, 0.1) is 24.4 Å². The summed E-state index contributed by atoms with van der Waals surface area (Å²) in [5.74, 6) is 0.303. The Morgan fingerprint density at radius 2 is 1.70 bits per heavy atom. The molecule has 0 saturated carbocycles. The molecular formula is C32H43ClN6O7. The zero-order valence-corrected chi connectivity index (χ0v) is 28.6. The number of nitrogens with zero attached hydrogens (tertiary/aromatic N) is 5. The standard InChI is InChI=1S/C32H43ClN6O7/c1-10-11-15-44-18-22(34-28(41)45-31(2,3)4)25-35-26-24(36(25)8)27(40)38(29(42)37(26)9)17-19-16-20-21(33)13-12-14-23(20)39(19)30(43)46-32(5,6)7/h12-14,16,22H,10-11,15,17-18H2,1-9H3,(H,34,41). The highest BCUT2D eigenvalue weighted by Gasteiger charge is 2.28. The van der Waals surface area contributed by atoms with Gasteiger partial charge in [-0.3, -0.25) is 13.9 Å². The van der Waals surface area contributed by atoms with Crippen molar-refractivity contribution in [1.82, 2.24) is 28.6 Å². The Balaban J connectivity index is 1.84. The van der Waals surface area contributed by atoms with Crippen LogP contribution in [0.4, 0.5) is 9.59 Å². The number of aryl methyl sites for hydroxylation is 2. The van der Waals surface area contributed by atoms with Crippen LogP contribution in [-0.2, 0) is 34.9 Å². The third kappa shape index (κ3) is 7.47. The number of rotatable bonds is 9. The molecule has 0 radical (unpaired) electrons. The lowest BCUT2D eigenvalue weighted by molar-refractivity contribution is 0.0430. The van der Waals surface area contributed by atoms with Gasteiger partial charge < -0.3 is 24.1 Å². The fraction of sp³-hybridized carbons (Fsp3) is 0.531. The van der Waals surface area contributed by atoms with E-state index in [1.165, 1.54) is 16.2 Å². The fourth-order valence-electron chi connectivity index (χ4n) is 5.04. The predicted molar refractivity (Wildman–Crippen MR) is 176 cm³/mol. The summed E-state index contributed by atoms with van der Waals surface area (Å²) >= 11 is 6.47. The number of carbonyl (C=O) groups is 2. The molecule has 1 amide bonds. The van der Waals surface area contributed by atoms with E-state index in [1.54, 1.807) is 77.4 Å². The van der Waals surface area contributed by atoms with Gasteiger partial charge in [-0.2, -0.15) is 0 Å². The van der Waals surface area contributed by atoms with Gasteiger partial charge in [0.15, 0.2) is 11.2 Å². The second-order valence-electron chi connectivity index (χ2n) is 13.2. The first kappa shape index (κ1) is 34.8. The summed E-state index contributed by atoms with van der Waals surface area (Å²) in [5.41, 5.74) is -1.77. The molecule has 3 heterocycles. The van der Waals surface area contributed by atoms with Crippen LogP contribution in [0.2, 0.25) is 5.02 Å². The molecule has 14 heteroatoms. The smallest absolute Gasteiger partial charge is 0.419 e. The summed E-state index contributed by atoms with van der Waals surface area (Å²) in [6, 6.07) is 5.99. The van der Waals surface area contributed by atoms with E-state index in [0.29, 0.717) is 34.1 Å². The van der Waals surface area contributed by atoms with Crippen LogP contribution in [0.5, 0.6) is 0 Å². The molecule has 0 aliphatic heterocycles. The van der Waals surface area contributed by atoms with Crippen molar-refractivity contribution in [3.05, 3.63) is 61.6 Å². The Labute approximate surface area is 272 Å². The highest BCUT2D eigenvalue weighted by Crippen LogP contribution is 2.28. The van der Waals surface area contributed by atoms with Crippen LogP contribution >= 0.6 is 11.6 Å². The number of amides is 1. The van der Waals surface area contributed by atoms with Crippen LogP contribution in [0.3, 0.4) is 0 Å². The predicted octanol–water partition coefficient (Wildman–Crippen LogP) is 5.26. The summed E-state index contributed by atoms with van der Waals surface area (Å²) < 4.78 is 22.1. The molecule has 3 aromatic heterocycles. The van der Waals surface area contributed by atoms with Gasteiger partial charge in [0.1, 0.15) is 23.1 Å². The number of hydrogen-bond donors (Lipinski definition) is 1. The van der Waals surface area contributed by atoms with Gasteiger partial charge in [0.2, 0.25) is 0 Å². The van der Waals surface area contributed by atoms with E-state index >= 15 is 0 Å². The van der Waals surface area contributed by atoms with Gasteiger partial charge in [-0.1, -0.05) is 31.0 Å². The van der Waals surface area contributed by atoms with Crippen molar-refractivity contribution in [2.24, 2.45) is 14.1 Å². The summed E-state index contributed by atoms with van der Waals surface area (Å²) in [6.07, 6.45) is 0.403. The maximum atomic E-state index is 14.1. The summed E-state index contributed by atoms with van der Waals surface area (Å²) in [7, 11) is 3.14. The van der Waals surface area contributed by atoms with Gasteiger partial charge >= 0.3 is 17.9 Å². The second kappa shape index (κ2) is 13.3. The van der Waals surface area contributed by atoms with Gasteiger partial charge in [0.25, 0.3) is 5.56 Å². The minimum Gasteiger partial charge on any atom is -0.444 e. The Morgan fingerprint density at radius 3 is 2.33 bits per heavy atom. The number of fused-ring (bicyclic) bond motifs is 2. The molecule has 1 N–H and O–H groups in total. The van der Waals surface area contributed by atoms with Gasteiger partial charge in [0, 0.05) is 31.1 Å². The third-order valence-electron chi connectivity index (χ3n) is 7.09. The van der Waals surface area contributed by atoms with Crippen molar-refractivity contribution in [2.45, 2.75) is 85.1 Å². The fourth-order valence-corrected chi connectivity index (χ4v) is 5.26. The van der Waals surface area contributed by atoms with Crippen LogP contribution in [-0.4, -0.2) is 59.9 Å². The molecule has 1 unspecified atom stereocenters. The number of alkyl carbamates (subject to hydrolysis) is 1. The molecule has 0 aliphatic carbocycles. The Hall–Kier alpha value is -4.10. The van der Waals surface area contributed by atoms with Crippen molar-refractivity contribution in [2.75, 3.05) is 13.2 Å². The summed E-state index contributed by atoms with van der Waals surface area (Å²) in [6.45, 7) is 12.8. The molecule has 0 fully saturated rings. The van der Waals surface area contributed by atoms with E-state index in [1.807, 2.05) is 6.92 Å². The molecule has 4 aromatic rings. The maximum absolute atomic E-state index is 14.1. The molecule has 13 nitrogen and oxygen atoms in total. The molecule has 0 saturated heterocycles. The van der Waals surface area contributed by atoms with E-state index in [4.69, 9.17) is 25.8 Å². The average Bonchev–Trinajstić information content (AvgIpc) is 3.48. The lowest BCUT2D eigenvalue weighted by atomic mass is 10.2.